The van der Waals surface area contributed by atoms with Crippen LogP contribution in [0, 0.1) is 0 Å². The van der Waals surface area contributed by atoms with E-state index in [1.165, 1.54) is 11.1 Å². The van der Waals surface area contributed by atoms with Gasteiger partial charge in [-0.05, 0) is 35.2 Å². The van der Waals surface area contributed by atoms with Gasteiger partial charge in [-0.25, -0.2) is 0 Å². The second-order valence-electron chi connectivity index (χ2n) is 7.81. The fourth-order valence-corrected chi connectivity index (χ4v) is 3.68. The summed E-state index contributed by atoms with van der Waals surface area (Å²) in [4.78, 5) is 26.1. The number of Topliss-reactive ketones (excluding diaryl/α,β-unsaturated/α-hetero) is 1. The van der Waals surface area contributed by atoms with Gasteiger partial charge in [0.15, 0.2) is 0 Å². The van der Waals surface area contributed by atoms with Crippen LogP contribution in [0.3, 0.4) is 0 Å². The summed E-state index contributed by atoms with van der Waals surface area (Å²) in [6, 6.07) is 15.7. The lowest BCUT2D eigenvalue weighted by molar-refractivity contribution is -0.117. The number of rotatable bonds is 10. The Balaban J connectivity index is 1.44. The van der Waals surface area contributed by atoms with Crippen LogP contribution < -0.4 is 10.6 Å². The molecule has 0 radical (unpaired) electrons. The molecular weight excluding hydrogens is 378 g/mol. The summed E-state index contributed by atoms with van der Waals surface area (Å²) in [5, 5.41) is 16.3. The molecule has 0 bridgehead atoms. The van der Waals surface area contributed by atoms with Gasteiger partial charge < -0.3 is 15.7 Å². The standard InChI is InChI=1S/C24H31N3O3/c1-2-22(28)14-25-13-18-6-5-9-20(12-18)24(30)26-15-23(29)17-27-11-10-19-7-3-4-8-21(19)16-27/h3-9,12,23,25,29H,2,10-11,13-17H2,1H3,(H,26,30). The normalized spacial score (nSPS) is 14.7. The molecule has 2 aromatic rings. The van der Waals surface area contributed by atoms with E-state index in [9.17, 15) is 14.7 Å². The van der Waals surface area contributed by atoms with Gasteiger partial charge in [0, 0.05) is 44.7 Å². The first-order valence-corrected chi connectivity index (χ1v) is 10.6. The van der Waals surface area contributed by atoms with E-state index in [1.54, 1.807) is 6.07 Å². The van der Waals surface area contributed by atoms with E-state index in [2.05, 4.69) is 33.7 Å². The van der Waals surface area contributed by atoms with Crippen molar-refractivity contribution in [3.05, 3.63) is 70.8 Å². The van der Waals surface area contributed by atoms with Gasteiger partial charge in [0.25, 0.3) is 5.91 Å². The quantitative estimate of drug-likeness (QED) is 0.558. The van der Waals surface area contributed by atoms with Crippen LogP contribution in [0.1, 0.15) is 40.4 Å². The number of β-amino-alcohol motifs (C(OH)–C–C–N with tert-alkyl or cyclic N) is 1. The number of ketones is 1. The van der Waals surface area contributed by atoms with Crippen LogP contribution in [-0.2, 0) is 24.3 Å². The molecule has 1 heterocycles. The van der Waals surface area contributed by atoms with Crippen molar-refractivity contribution in [2.45, 2.75) is 39.0 Å². The van der Waals surface area contributed by atoms with Gasteiger partial charge >= 0.3 is 0 Å². The summed E-state index contributed by atoms with van der Waals surface area (Å²) in [6.45, 7) is 5.20. The lowest BCUT2D eigenvalue weighted by Crippen LogP contribution is -2.42. The van der Waals surface area contributed by atoms with Crippen LogP contribution in [0.15, 0.2) is 48.5 Å². The van der Waals surface area contributed by atoms with Crippen molar-refractivity contribution in [2.75, 3.05) is 26.2 Å². The van der Waals surface area contributed by atoms with Crippen LogP contribution in [-0.4, -0.2) is 54.0 Å². The Hall–Kier alpha value is -2.54. The second kappa shape index (κ2) is 11.0. The van der Waals surface area contributed by atoms with Gasteiger partial charge in [-0.15, -0.1) is 0 Å². The van der Waals surface area contributed by atoms with E-state index in [-0.39, 0.29) is 18.2 Å². The predicted molar refractivity (Wildman–Crippen MR) is 117 cm³/mol. The first-order chi connectivity index (χ1) is 14.5. The summed E-state index contributed by atoms with van der Waals surface area (Å²) < 4.78 is 0. The number of amides is 1. The Labute approximate surface area is 178 Å². The molecule has 6 nitrogen and oxygen atoms in total. The molecule has 1 atom stereocenters. The monoisotopic (exact) mass is 409 g/mol. The van der Waals surface area contributed by atoms with E-state index in [4.69, 9.17) is 0 Å². The Morgan fingerprint density at radius 1 is 1.13 bits per heavy atom. The number of hydrogen-bond acceptors (Lipinski definition) is 5. The average molecular weight is 410 g/mol. The predicted octanol–water partition coefficient (Wildman–Crippen LogP) is 1.90. The molecule has 1 amide bonds. The molecule has 0 fully saturated rings. The van der Waals surface area contributed by atoms with Crippen LogP contribution in [0.4, 0.5) is 0 Å². The maximum atomic E-state index is 12.5. The number of fused-ring (bicyclic) bond motifs is 1. The molecule has 30 heavy (non-hydrogen) atoms. The summed E-state index contributed by atoms with van der Waals surface area (Å²) in [5.74, 6) is -0.0420. The third-order valence-electron chi connectivity index (χ3n) is 5.41. The van der Waals surface area contributed by atoms with Gasteiger partial charge in [0.1, 0.15) is 5.78 Å². The van der Waals surface area contributed by atoms with Crippen molar-refractivity contribution < 1.29 is 14.7 Å². The number of aliphatic hydroxyl groups is 1. The van der Waals surface area contributed by atoms with Crippen LogP contribution in [0.25, 0.3) is 0 Å². The summed E-state index contributed by atoms with van der Waals surface area (Å²) in [5.41, 5.74) is 4.19. The molecular formula is C24H31N3O3. The van der Waals surface area contributed by atoms with Gasteiger partial charge in [-0.2, -0.15) is 0 Å². The van der Waals surface area contributed by atoms with Crippen LogP contribution >= 0.6 is 0 Å². The number of hydrogen-bond donors (Lipinski definition) is 3. The molecule has 1 unspecified atom stereocenters. The number of carbonyl (C=O) groups excluding carboxylic acids is 2. The lowest BCUT2D eigenvalue weighted by Gasteiger charge is -2.30. The van der Waals surface area contributed by atoms with Crippen molar-refractivity contribution in [2.24, 2.45) is 0 Å². The van der Waals surface area contributed by atoms with Crippen molar-refractivity contribution in [3.8, 4) is 0 Å². The van der Waals surface area contributed by atoms with Gasteiger partial charge in [0.2, 0.25) is 0 Å². The van der Waals surface area contributed by atoms with Crippen molar-refractivity contribution in [1.29, 1.82) is 0 Å². The number of carbonyl (C=O) groups is 2. The van der Waals surface area contributed by atoms with Crippen molar-refractivity contribution in [1.82, 2.24) is 15.5 Å². The van der Waals surface area contributed by atoms with E-state index < -0.39 is 6.10 Å². The largest absolute Gasteiger partial charge is 0.390 e. The van der Waals surface area contributed by atoms with Gasteiger partial charge in [0.05, 0.1) is 12.6 Å². The third kappa shape index (κ3) is 6.49. The SMILES string of the molecule is CCC(=O)CNCc1cccc(C(=O)NCC(O)CN2CCc3ccccc3C2)c1. The molecule has 0 aromatic heterocycles. The summed E-state index contributed by atoms with van der Waals surface area (Å²) in [6.07, 6.45) is 0.880. The molecule has 0 aliphatic carbocycles. The molecule has 6 heteroatoms. The third-order valence-corrected chi connectivity index (χ3v) is 5.41. The fraction of sp³-hybridized carbons (Fsp3) is 0.417. The number of benzene rings is 2. The van der Waals surface area contributed by atoms with Crippen LogP contribution in [0.5, 0.6) is 0 Å². The minimum Gasteiger partial charge on any atom is -0.390 e. The minimum atomic E-state index is -0.621. The van der Waals surface area contributed by atoms with Gasteiger partial charge in [-0.1, -0.05) is 43.3 Å². The Bertz CT molecular complexity index is 868. The van der Waals surface area contributed by atoms with Crippen molar-refractivity contribution in [3.63, 3.8) is 0 Å². The number of nitrogens with zero attached hydrogens (tertiary/aromatic N) is 1. The van der Waals surface area contributed by atoms with E-state index in [0.29, 0.717) is 31.6 Å². The van der Waals surface area contributed by atoms with E-state index in [0.717, 1.165) is 25.1 Å². The zero-order chi connectivity index (χ0) is 21.3. The maximum Gasteiger partial charge on any atom is 0.251 e. The first-order valence-electron chi connectivity index (χ1n) is 10.6. The smallest absolute Gasteiger partial charge is 0.251 e. The lowest BCUT2D eigenvalue weighted by atomic mass is 10.00. The zero-order valence-corrected chi connectivity index (χ0v) is 17.6. The number of nitrogens with one attached hydrogen (secondary N) is 2. The molecule has 0 spiro atoms. The Kier molecular flexibility index (Phi) is 8.13. The molecule has 0 saturated heterocycles. The first kappa shape index (κ1) is 22.2. The summed E-state index contributed by atoms with van der Waals surface area (Å²) in [7, 11) is 0. The highest BCUT2D eigenvalue weighted by Gasteiger charge is 2.19. The Morgan fingerprint density at radius 3 is 2.73 bits per heavy atom. The summed E-state index contributed by atoms with van der Waals surface area (Å²) >= 11 is 0. The molecule has 1 aliphatic rings. The molecule has 3 rings (SSSR count). The molecule has 1 aliphatic heterocycles. The molecule has 3 N–H and O–H groups in total. The highest BCUT2D eigenvalue weighted by atomic mass is 16.3. The molecule has 160 valence electrons. The number of aliphatic hydroxyl groups excluding tert-OH is 1. The highest BCUT2D eigenvalue weighted by molar-refractivity contribution is 5.94. The molecule has 0 saturated carbocycles. The average Bonchev–Trinajstić information content (AvgIpc) is 2.77. The molecule has 2 aromatic carbocycles. The fourth-order valence-electron chi connectivity index (χ4n) is 3.68. The second-order valence-corrected chi connectivity index (χ2v) is 7.81. The van der Waals surface area contributed by atoms with Crippen LogP contribution in [0.2, 0.25) is 0 Å². The maximum absolute atomic E-state index is 12.5. The Morgan fingerprint density at radius 2 is 1.93 bits per heavy atom. The van der Waals surface area contributed by atoms with E-state index in [1.807, 2.05) is 31.2 Å². The van der Waals surface area contributed by atoms with Crippen molar-refractivity contribution >= 4 is 11.7 Å². The highest BCUT2D eigenvalue weighted by Crippen LogP contribution is 2.18. The van der Waals surface area contributed by atoms with Gasteiger partial charge in [-0.3, -0.25) is 14.5 Å². The zero-order valence-electron chi connectivity index (χ0n) is 17.6. The minimum absolute atomic E-state index is 0.162. The van der Waals surface area contributed by atoms with E-state index >= 15 is 0 Å². The topological polar surface area (TPSA) is 81.7 Å².